The predicted molar refractivity (Wildman–Crippen MR) is 150 cm³/mol. The Morgan fingerprint density at radius 1 is 0.851 bits per heavy atom. The van der Waals surface area contributed by atoms with Crippen LogP contribution in [0.4, 0.5) is 51.3 Å². The van der Waals surface area contributed by atoms with Crippen LogP contribution in [0.1, 0.15) is 66.8 Å². The van der Waals surface area contributed by atoms with Crippen LogP contribution in [0.5, 0.6) is 0 Å². The lowest BCUT2D eigenvalue weighted by Gasteiger charge is -2.34. The molecular formula is C29H32F9N7O2. The van der Waals surface area contributed by atoms with Crippen molar-refractivity contribution in [3.63, 3.8) is 0 Å². The number of pyridine rings is 1. The quantitative estimate of drug-likeness (QED) is 0.217. The summed E-state index contributed by atoms with van der Waals surface area (Å²) in [6, 6.07) is 1.88. The normalized spacial score (nSPS) is 17.5. The van der Waals surface area contributed by atoms with E-state index in [1.807, 2.05) is 0 Å². The molecule has 3 aromatic rings. The Morgan fingerprint density at radius 3 is 1.91 bits per heavy atom. The molecule has 2 heterocycles. The second-order valence-electron chi connectivity index (χ2n) is 11.6. The molecule has 258 valence electrons. The highest BCUT2D eigenvalue weighted by Gasteiger charge is 2.38. The lowest BCUT2D eigenvalue weighted by molar-refractivity contribution is -0.143. The number of nitrogens with zero attached hydrogens (tertiary/aromatic N) is 7. The molecule has 1 aromatic carbocycles. The van der Waals surface area contributed by atoms with Crippen LogP contribution in [-0.2, 0) is 43.5 Å². The molecule has 1 N–H and O–H groups in total. The highest BCUT2D eigenvalue weighted by molar-refractivity contribution is 5.67. The van der Waals surface area contributed by atoms with Gasteiger partial charge < -0.3 is 14.9 Å². The Morgan fingerprint density at radius 2 is 1.43 bits per heavy atom. The van der Waals surface area contributed by atoms with Crippen molar-refractivity contribution in [2.45, 2.75) is 70.6 Å². The lowest BCUT2D eigenvalue weighted by atomic mass is 9.80. The van der Waals surface area contributed by atoms with Crippen molar-refractivity contribution >= 4 is 17.7 Å². The summed E-state index contributed by atoms with van der Waals surface area (Å²) < 4.78 is 123. The van der Waals surface area contributed by atoms with Crippen molar-refractivity contribution in [2.75, 3.05) is 22.9 Å². The van der Waals surface area contributed by atoms with E-state index in [0.29, 0.717) is 57.1 Å². The summed E-state index contributed by atoms with van der Waals surface area (Å²) in [5.74, 6) is -0.881. The van der Waals surface area contributed by atoms with Crippen molar-refractivity contribution < 1.29 is 49.4 Å². The number of hydrogen-bond acceptors (Lipinski definition) is 7. The van der Waals surface area contributed by atoms with Crippen molar-refractivity contribution in [3.8, 4) is 0 Å². The maximum absolute atomic E-state index is 13.8. The third-order valence-electron chi connectivity index (χ3n) is 8.02. The van der Waals surface area contributed by atoms with Crippen molar-refractivity contribution in [1.82, 2.24) is 25.2 Å². The van der Waals surface area contributed by atoms with Crippen LogP contribution in [0.3, 0.4) is 0 Å². The zero-order valence-corrected chi connectivity index (χ0v) is 25.3. The molecule has 0 aliphatic heterocycles. The van der Waals surface area contributed by atoms with E-state index in [0.717, 1.165) is 15.8 Å². The van der Waals surface area contributed by atoms with Gasteiger partial charge in [0.1, 0.15) is 5.82 Å². The van der Waals surface area contributed by atoms with E-state index in [4.69, 9.17) is 5.11 Å². The number of alkyl halides is 9. The first-order valence-corrected chi connectivity index (χ1v) is 14.6. The van der Waals surface area contributed by atoms with Gasteiger partial charge in [0.05, 0.1) is 23.7 Å². The number of aryl methyl sites for hydroxylation is 1. The first-order valence-electron chi connectivity index (χ1n) is 14.6. The van der Waals surface area contributed by atoms with Crippen LogP contribution in [0.25, 0.3) is 0 Å². The lowest BCUT2D eigenvalue weighted by Crippen LogP contribution is -2.34. The number of halogens is 9. The molecule has 1 aliphatic rings. The number of aliphatic carboxylic acids is 1. The van der Waals surface area contributed by atoms with Crippen molar-refractivity contribution in [3.05, 3.63) is 58.3 Å². The van der Waals surface area contributed by atoms with Gasteiger partial charge in [-0.3, -0.25) is 4.79 Å². The molecule has 47 heavy (non-hydrogen) atoms. The number of aromatic nitrogens is 5. The Labute approximate surface area is 263 Å². The molecule has 0 amide bonds. The van der Waals surface area contributed by atoms with Crippen LogP contribution in [0, 0.1) is 11.8 Å². The molecule has 4 rings (SSSR count). The minimum Gasteiger partial charge on any atom is -0.481 e. The van der Waals surface area contributed by atoms with E-state index < -0.39 is 59.8 Å². The summed E-state index contributed by atoms with van der Waals surface area (Å²) in [6.07, 6.45) is -11.6. The number of anilines is 2. The van der Waals surface area contributed by atoms with Gasteiger partial charge in [-0.2, -0.15) is 44.3 Å². The molecule has 0 radical (unpaired) electrons. The largest absolute Gasteiger partial charge is 0.481 e. The summed E-state index contributed by atoms with van der Waals surface area (Å²) in [5.41, 5.74) is -4.66. The number of carboxylic acids is 1. The predicted octanol–water partition coefficient (Wildman–Crippen LogP) is 6.98. The third kappa shape index (κ3) is 9.47. The molecular weight excluding hydrogens is 649 g/mol. The Hall–Kier alpha value is -4.12. The van der Waals surface area contributed by atoms with Gasteiger partial charge in [0.2, 0.25) is 0 Å². The highest BCUT2D eigenvalue weighted by Crippen LogP contribution is 2.38. The first kappa shape index (κ1) is 35.7. The summed E-state index contributed by atoms with van der Waals surface area (Å²) in [5, 5.41) is 20.6. The van der Waals surface area contributed by atoms with Crippen LogP contribution in [0.2, 0.25) is 0 Å². The van der Waals surface area contributed by atoms with E-state index in [2.05, 4.69) is 20.4 Å². The molecule has 0 spiro atoms. The number of carboxylic acid groups (broad SMARTS) is 1. The summed E-state index contributed by atoms with van der Waals surface area (Å²) >= 11 is 0. The van der Waals surface area contributed by atoms with Gasteiger partial charge in [0.25, 0.3) is 5.95 Å². The fourth-order valence-corrected chi connectivity index (χ4v) is 5.74. The Bertz CT molecular complexity index is 1500. The van der Waals surface area contributed by atoms with E-state index in [1.54, 1.807) is 11.8 Å². The van der Waals surface area contributed by atoms with Crippen LogP contribution in [-0.4, -0.2) is 49.4 Å². The molecule has 0 unspecified atom stereocenters. The molecule has 1 saturated carbocycles. The molecule has 2 aromatic heterocycles. The molecule has 0 atom stereocenters. The SMILES string of the molecule is CCN(C[C@H]1CC[C@H](CC(=O)O)CC1)c1ncc(C(F)(F)F)cc1CN(Cc1cc(C(F)(F)F)cc(C(F)(F)F)c1)c1nnn(C)n1. The van der Waals surface area contributed by atoms with Crippen molar-refractivity contribution in [1.29, 1.82) is 0 Å². The van der Waals surface area contributed by atoms with Crippen molar-refractivity contribution in [2.24, 2.45) is 18.9 Å². The van der Waals surface area contributed by atoms with Gasteiger partial charge in [-0.15, -0.1) is 5.10 Å². The number of rotatable bonds is 11. The Kier molecular flexibility index (Phi) is 10.6. The molecule has 1 aliphatic carbocycles. The third-order valence-corrected chi connectivity index (χ3v) is 8.02. The molecule has 0 bridgehead atoms. The smallest absolute Gasteiger partial charge is 0.417 e. The first-order chi connectivity index (χ1) is 21.8. The molecule has 0 saturated heterocycles. The number of tetrazole rings is 1. The second kappa shape index (κ2) is 13.9. The zero-order chi connectivity index (χ0) is 34.7. The van der Waals surface area contributed by atoms with Gasteiger partial charge in [-0.05, 0) is 79.5 Å². The van der Waals surface area contributed by atoms with Gasteiger partial charge >= 0.3 is 24.5 Å². The van der Waals surface area contributed by atoms with E-state index in [1.165, 1.54) is 7.05 Å². The standard InChI is InChI=1S/C29H32F9N7O2/c1-3-44(14-18-6-4-17(5-7-18)10-24(46)47)25-20(11-23(13-39-25)29(36,37)38)16-45(26-40-42-43(2)41-26)15-19-8-21(27(30,31)32)12-22(9-19)28(33,34)35/h8-9,11-13,17-18H,3-7,10,14-16H2,1-2H3,(H,46,47)/t17-,18-. The fraction of sp³-hybridized carbons (Fsp3) is 0.552. The maximum atomic E-state index is 13.8. The average molecular weight is 682 g/mol. The van der Waals surface area contributed by atoms with E-state index >= 15 is 0 Å². The second-order valence-corrected chi connectivity index (χ2v) is 11.6. The number of benzene rings is 1. The molecule has 9 nitrogen and oxygen atoms in total. The maximum Gasteiger partial charge on any atom is 0.417 e. The topological polar surface area (TPSA) is 100 Å². The summed E-state index contributed by atoms with van der Waals surface area (Å²) in [4.78, 5) is 19.1. The monoisotopic (exact) mass is 681 g/mol. The Balaban J connectivity index is 1.72. The summed E-state index contributed by atoms with van der Waals surface area (Å²) in [6.45, 7) is 1.34. The van der Waals surface area contributed by atoms with E-state index in [9.17, 15) is 44.3 Å². The zero-order valence-electron chi connectivity index (χ0n) is 25.3. The average Bonchev–Trinajstić information content (AvgIpc) is 3.41. The van der Waals surface area contributed by atoms with Crippen LogP contribution in [0.15, 0.2) is 30.5 Å². The number of hydrogen-bond donors (Lipinski definition) is 1. The molecule has 1 fully saturated rings. The van der Waals surface area contributed by atoms with Gasteiger partial charge in [0, 0.05) is 44.4 Å². The van der Waals surface area contributed by atoms with Gasteiger partial charge in [0.15, 0.2) is 0 Å². The summed E-state index contributed by atoms with van der Waals surface area (Å²) in [7, 11) is 1.36. The van der Waals surface area contributed by atoms with Crippen LogP contribution < -0.4 is 9.80 Å². The van der Waals surface area contributed by atoms with E-state index in [-0.39, 0.29) is 41.7 Å². The fourth-order valence-electron chi connectivity index (χ4n) is 5.74. The minimum atomic E-state index is -5.11. The minimum absolute atomic E-state index is 0.0164. The van der Waals surface area contributed by atoms with Gasteiger partial charge in [-0.1, -0.05) is 5.10 Å². The van der Waals surface area contributed by atoms with Gasteiger partial charge in [-0.25, -0.2) is 4.98 Å². The number of carbonyl (C=O) groups is 1. The molecule has 18 heteroatoms. The highest BCUT2D eigenvalue weighted by atomic mass is 19.4. The van der Waals surface area contributed by atoms with Crippen LogP contribution >= 0.6 is 0 Å².